The van der Waals surface area contributed by atoms with Crippen molar-refractivity contribution in [3.05, 3.63) is 66.7 Å². The number of anilines is 2. The van der Waals surface area contributed by atoms with Gasteiger partial charge in [-0.3, -0.25) is 9.78 Å². The van der Waals surface area contributed by atoms with E-state index < -0.39 is 0 Å². The van der Waals surface area contributed by atoms with Crippen molar-refractivity contribution >= 4 is 28.4 Å². The summed E-state index contributed by atoms with van der Waals surface area (Å²) >= 11 is 0. The third kappa shape index (κ3) is 4.42. The molecule has 0 saturated carbocycles. The monoisotopic (exact) mass is 441 g/mol. The van der Waals surface area contributed by atoms with Gasteiger partial charge in [0, 0.05) is 73.5 Å². The Morgan fingerprint density at radius 3 is 2.70 bits per heavy atom. The summed E-state index contributed by atoms with van der Waals surface area (Å²) in [6.45, 7) is 6.25. The number of rotatable bonds is 6. The second-order valence-electron chi connectivity index (χ2n) is 8.14. The van der Waals surface area contributed by atoms with Gasteiger partial charge >= 0.3 is 0 Å². The molecule has 4 aromatic rings. The van der Waals surface area contributed by atoms with E-state index in [1.165, 1.54) is 0 Å². The zero-order valence-electron chi connectivity index (χ0n) is 18.7. The maximum Gasteiger partial charge on any atom is 0.253 e. The lowest BCUT2D eigenvalue weighted by molar-refractivity contribution is 0.0736. The Hall–Kier alpha value is -3.78. The molecule has 1 aliphatic rings. The summed E-state index contributed by atoms with van der Waals surface area (Å²) in [5.41, 5.74) is 4.54. The first-order chi connectivity index (χ1) is 16.2. The molecule has 5 rings (SSSR count). The summed E-state index contributed by atoms with van der Waals surface area (Å²) < 4.78 is 2.22. The molecule has 33 heavy (non-hydrogen) atoms. The number of benzene rings is 1. The highest BCUT2D eigenvalue weighted by Gasteiger charge is 2.18. The van der Waals surface area contributed by atoms with E-state index in [2.05, 4.69) is 38.3 Å². The molecule has 8 nitrogen and oxygen atoms in total. The van der Waals surface area contributed by atoms with Crippen molar-refractivity contribution in [1.82, 2.24) is 29.7 Å². The fourth-order valence-corrected chi connectivity index (χ4v) is 4.21. The number of carbonyl (C=O) groups is 1. The van der Waals surface area contributed by atoms with Crippen LogP contribution in [0.4, 0.5) is 11.6 Å². The molecule has 8 heteroatoms. The Balaban J connectivity index is 1.36. The molecule has 0 spiro atoms. The minimum atomic E-state index is 0.0688. The Morgan fingerprint density at radius 1 is 1.09 bits per heavy atom. The Bertz CT molecular complexity index is 1260. The molecule has 168 valence electrons. The third-order valence-corrected chi connectivity index (χ3v) is 5.87. The van der Waals surface area contributed by atoms with Crippen LogP contribution in [0.3, 0.4) is 0 Å². The van der Waals surface area contributed by atoms with E-state index in [0.717, 1.165) is 67.0 Å². The molecule has 1 fully saturated rings. The maximum atomic E-state index is 12.7. The highest BCUT2D eigenvalue weighted by atomic mass is 16.2. The van der Waals surface area contributed by atoms with Crippen molar-refractivity contribution in [3.63, 3.8) is 0 Å². The predicted molar refractivity (Wildman–Crippen MR) is 130 cm³/mol. The number of hydrogen-bond donors (Lipinski definition) is 2. The molecule has 3 aromatic heterocycles. The van der Waals surface area contributed by atoms with Crippen LogP contribution in [-0.4, -0.2) is 56.5 Å². The minimum Gasteiger partial charge on any atom is -0.346 e. The lowest BCUT2D eigenvalue weighted by Gasteiger charge is -2.27. The van der Waals surface area contributed by atoms with E-state index >= 15 is 0 Å². The highest BCUT2D eigenvalue weighted by molar-refractivity contribution is 5.95. The number of aryl methyl sites for hydroxylation is 1. The number of nitrogens with one attached hydrogen (secondary N) is 2. The average Bonchev–Trinajstić information content (AvgIpc) is 3.24. The van der Waals surface area contributed by atoms with Crippen molar-refractivity contribution in [3.8, 4) is 11.3 Å². The van der Waals surface area contributed by atoms with Gasteiger partial charge in [0.15, 0.2) is 0 Å². The summed E-state index contributed by atoms with van der Waals surface area (Å²) in [6.07, 6.45) is 8.65. The van der Waals surface area contributed by atoms with Gasteiger partial charge in [-0.2, -0.15) is 0 Å². The molecule has 0 bridgehead atoms. The number of carbonyl (C=O) groups excluding carboxylic acids is 1. The number of piperazine rings is 1. The molecule has 0 unspecified atom stereocenters. The van der Waals surface area contributed by atoms with Gasteiger partial charge in [0.2, 0.25) is 5.95 Å². The fraction of sp³-hybridized carbons (Fsp3) is 0.280. The van der Waals surface area contributed by atoms with Crippen LogP contribution in [0.2, 0.25) is 0 Å². The first-order valence-electron chi connectivity index (χ1n) is 11.4. The van der Waals surface area contributed by atoms with Crippen molar-refractivity contribution in [2.45, 2.75) is 19.9 Å². The second-order valence-corrected chi connectivity index (χ2v) is 8.14. The average molecular weight is 442 g/mol. The molecule has 0 radical (unpaired) electrons. The van der Waals surface area contributed by atoms with E-state index in [-0.39, 0.29) is 5.91 Å². The number of nitrogens with zero attached hydrogens (tertiary/aromatic N) is 5. The van der Waals surface area contributed by atoms with Gasteiger partial charge in [0.1, 0.15) is 0 Å². The van der Waals surface area contributed by atoms with E-state index in [0.29, 0.717) is 11.5 Å². The number of hydrogen-bond acceptors (Lipinski definition) is 6. The Labute approximate surface area is 192 Å². The zero-order chi connectivity index (χ0) is 22.6. The summed E-state index contributed by atoms with van der Waals surface area (Å²) in [6, 6.07) is 11.4. The van der Waals surface area contributed by atoms with Crippen LogP contribution in [0.1, 0.15) is 23.7 Å². The lowest BCUT2D eigenvalue weighted by Crippen LogP contribution is -2.46. The quantitative estimate of drug-likeness (QED) is 0.475. The van der Waals surface area contributed by atoms with Gasteiger partial charge in [0.25, 0.3) is 5.91 Å². The molecule has 1 amide bonds. The summed E-state index contributed by atoms with van der Waals surface area (Å²) in [5, 5.41) is 7.66. The maximum absolute atomic E-state index is 12.7. The van der Waals surface area contributed by atoms with Crippen LogP contribution in [0.25, 0.3) is 22.2 Å². The Morgan fingerprint density at radius 2 is 1.91 bits per heavy atom. The lowest BCUT2D eigenvalue weighted by atomic mass is 10.1. The van der Waals surface area contributed by atoms with Crippen molar-refractivity contribution in [1.29, 1.82) is 0 Å². The number of fused-ring (bicyclic) bond motifs is 1. The molecule has 0 atom stereocenters. The molecular formula is C25H27N7O. The van der Waals surface area contributed by atoms with Gasteiger partial charge in [0.05, 0.1) is 17.4 Å². The van der Waals surface area contributed by atoms with Crippen LogP contribution in [-0.2, 0) is 6.54 Å². The van der Waals surface area contributed by atoms with Crippen LogP contribution in [0.5, 0.6) is 0 Å². The first kappa shape index (κ1) is 21.1. The third-order valence-electron chi connectivity index (χ3n) is 5.87. The van der Waals surface area contributed by atoms with Crippen LogP contribution in [0, 0.1) is 0 Å². The Kier molecular flexibility index (Phi) is 5.99. The summed E-state index contributed by atoms with van der Waals surface area (Å²) in [5.74, 6) is 0.582. The van der Waals surface area contributed by atoms with Crippen molar-refractivity contribution in [2.24, 2.45) is 0 Å². The molecule has 4 heterocycles. The van der Waals surface area contributed by atoms with Gasteiger partial charge in [-0.25, -0.2) is 9.97 Å². The number of aromatic nitrogens is 4. The summed E-state index contributed by atoms with van der Waals surface area (Å²) in [7, 11) is 0. The smallest absolute Gasteiger partial charge is 0.253 e. The largest absolute Gasteiger partial charge is 0.346 e. The van der Waals surface area contributed by atoms with Crippen LogP contribution in [0.15, 0.2) is 61.2 Å². The van der Waals surface area contributed by atoms with E-state index in [1.807, 2.05) is 53.7 Å². The zero-order valence-corrected chi connectivity index (χ0v) is 18.7. The van der Waals surface area contributed by atoms with Crippen LogP contribution >= 0.6 is 0 Å². The summed E-state index contributed by atoms with van der Waals surface area (Å²) in [4.78, 5) is 28.0. The normalized spacial score (nSPS) is 13.9. The van der Waals surface area contributed by atoms with Gasteiger partial charge in [-0.15, -0.1) is 0 Å². The van der Waals surface area contributed by atoms with Gasteiger partial charge < -0.3 is 20.1 Å². The molecule has 2 N–H and O–H groups in total. The standard InChI is InChI=1S/C25H27N7O/c1-2-13-32-17-21(20-7-9-27-16-23(20)32)22-8-10-28-25(30-22)29-19-5-3-18(4-6-19)24(33)31-14-11-26-12-15-31/h3-10,16-17,26H,2,11-15H2,1H3,(H,28,29,30). The van der Waals surface area contributed by atoms with E-state index in [1.54, 1.807) is 6.20 Å². The molecule has 1 aromatic carbocycles. The minimum absolute atomic E-state index is 0.0688. The second kappa shape index (κ2) is 9.38. The number of pyridine rings is 1. The number of amides is 1. The first-order valence-corrected chi connectivity index (χ1v) is 11.4. The van der Waals surface area contributed by atoms with Crippen LogP contribution < -0.4 is 10.6 Å². The molecule has 1 aliphatic heterocycles. The van der Waals surface area contributed by atoms with Crippen molar-refractivity contribution < 1.29 is 4.79 Å². The topological polar surface area (TPSA) is 88.0 Å². The SMILES string of the molecule is CCCn1cc(-c2ccnc(Nc3ccc(C(=O)N4CCNCC4)cc3)n2)c2ccncc21. The van der Waals surface area contributed by atoms with Gasteiger partial charge in [-0.05, 0) is 42.8 Å². The fourth-order valence-electron chi connectivity index (χ4n) is 4.21. The predicted octanol–water partition coefficient (Wildman–Crippen LogP) is 3.69. The van der Waals surface area contributed by atoms with E-state index in [9.17, 15) is 4.79 Å². The molecular weight excluding hydrogens is 414 g/mol. The molecule has 0 aliphatic carbocycles. The highest BCUT2D eigenvalue weighted by Crippen LogP contribution is 2.30. The molecule has 1 saturated heterocycles. The van der Waals surface area contributed by atoms with Gasteiger partial charge in [-0.1, -0.05) is 6.92 Å². The van der Waals surface area contributed by atoms with Crippen molar-refractivity contribution in [2.75, 3.05) is 31.5 Å². The van der Waals surface area contributed by atoms with E-state index in [4.69, 9.17) is 4.98 Å².